The van der Waals surface area contributed by atoms with Gasteiger partial charge in [0, 0.05) is 37.5 Å². The van der Waals surface area contributed by atoms with E-state index in [1.54, 1.807) is 7.05 Å². The number of aliphatic carboxylic acids is 1. The number of hydrogen-bond donors (Lipinski definition) is 1. The van der Waals surface area contributed by atoms with Crippen molar-refractivity contribution in [3.05, 3.63) is 33.8 Å². The summed E-state index contributed by atoms with van der Waals surface area (Å²) in [5.41, 5.74) is 1.88. The van der Waals surface area contributed by atoms with Crippen molar-refractivity contribution in [2.24, 2.45) is 5.92 Å². The van der Waals surface area contributed by atoms with E-state index < -0.39 is 17.9 Å². The zero-order valence-electron chi connectivity index (χ0n) is 12.7. The van der Waals surface area contributed by atoms with Crippen LogP contribution >= 0.6 is 15.9 Å². The van der Waals surface area contributed by atoms with Crippen LogP contribution in [0.2, 0.25) is 0 Å². The molecule has 0 aliphatic carbocycles. The van der Waals surface area contributed by atoms with Crippen molar-refractivity contribution in [3.63, 3.8) is 0 Å². The highest BCUT2D eigenvalue weighted by Gasteiger charge is 2.41. The summed E-state index contributed by atoms with van der Waals surface area (Å²) in [5.74, 6) is -1.79. The van der Waals surface area contributed by atoms with Crippen LogP contribution in [-0.2, 0) is 27.3 Å². The normalized spacial score (nSPS) is 23.8. The van der Waals surface area contributed by atoms with Crippen LogP contribution in [0.1, 0.15) is 17.5 Å². The quantitative estimate of drug-likeness (QED) is 0.837. The molecule has 1 saturated heterocycles. The first-order chi connectivity index (χ1) is 10.9. The minimum absolute atomic E-state index is 0.0737. The second-order valence-corrected chi connectivity index (χ2v) is 6.93. The van der Waals surface area contributed by atoms with E-state index in [4.69, 9.17) is 0 Å². The molecule has 2 amide bonds. The molecule has 0 bridgehead atoms. The first-order valence-electron chi connectivity index (χ1n) is 7.42. The number of carboxylic acids is 1. The zero-order valence-corrected chi connectivity index (χ0v) is 14.2. The van der Waals surface area contributed by atoms with Gasteiger partial charge in [-0.05, 0) is 17.2 Å². The van der Waals surface area contributed by atoms with E-state index in [1.165, 1.54) is 9.80 Å². The zero-order chi connectivity index (χ0) is 16.7. The summed E-state index contributed by atoms with van der Waals surface area (Å²) < 4.78 is 0.865. The smallest absolute Gasteiger partial charge is 0.326 e. The number of hydrogen-bond acceptors (Lipinski definition) is 3. The summed E-state index contributed by atoms with van der Waals surface area (Å²) >= 11 is 3.45. The van der Waals surface area contributed by atoms with Crippen LogP contribution in [0.3, 0.4) is 0 Å². The maximum atomic E-state index is 12.8. The molecule has 0 radical (unpaired) electrons. The lowest BCUT2D eigenvalue weighted by Gasteiger charge is -2.36. The molecule has 2 aliphatic rings. The Morgan fingerprint density at radius 3 is 2.65 bits per heavy atom. The van der Waals surface area contributed by atoms with Crippen LogP contribution in [0.4, 0.5) is 0 Å². The highest BCUT2D eigenvalue weighted by atomic mass is 79.9. The minimum Gasteiger partial charge on any atom is -0.480 e. The van der Waals surface area contributed by atoms with E-state index in [0.717, 1.165) is 15.6 Å². The fourth-order valence-corrected chi connectivity index (χ4v) is 3.86. The van der Waals surface area contributed by atoms with Crippen LogP contribution in [0.5, 0.6) is 0 Å². The molecular weight excluding hydrogens is 364 g/mol. The molecule has 122 valence electrons. The first kappa shape index (κ1) is 16.0. The van der Waals surface area contributed by atoms with Crippen molar-refractivity contribution >= 4 is 33.7 Å². The van der Waals surface area contributed by atoms with Crippen LogP contribution in [-0.4, -0.2) is 52.3 Å². The summed E-state index contributed by atoms with van der Waals surface area (Å²) in [5, 5.41) is 9.53. The fraction of sp³-hybridized carbons (Fsp3) is 0.438. The summed E-state index contributed by atoms with van der Waals surface area (Å²) in [6.07, 6.45) is 0.428. The molecule has 1 N–H and O–H groups in total. The van der Waals surface area contributed by atoms with Crippen LogP contribution in [0.25, 0.3) is 0 Å². The number of nitrogens with zero attached hydrogens (tertiary/aromatic N) is 2. The van der Waals surface area contributed by atoms with Gasteiger partial charge in [0.05, 0.1) is 5.92 Å². The van der Waals surface area contributed by atoms with Crippen molar-refractivity contribution in [3.8, 4) is 0 Å². The third-order valence-electron chi connectivity index (χ3n) is 4.59. The Kier molecular flexibility index (Phi) is 4.14. The Hall–Kier alpha value is -1.89. The molecule has 0 aromatic heterocycles. The van der Waals surface area contributed by atoms with Gasteiger partial charge < -0.3 is 14.9 Å². The molecule has 2 atom stereocenters. The Balaban J connectivity index is 1.89. The number of amides is 2. The lowest BCUT2D eigenvalue weighted by Crippen LogP contribution is -2.51. The van der Waals surface area contributed by atoms with Gasteiger partial charge in [-0.15, -0.1) is 0 Å². The average Bonchev–Trinajstić information content (AvgIpc) is 2.85. The topological polar surface area (TPSA) is 77.9 Å². The second kappa shape index (κ2) is 5.96. The van der Waals surface area contributed by atoms with Gasteiger partial charge in [-0.3, -0.25) is 9.59 Å². The van der Waals surface area contributed by atoms with Gasteiger partial charge >= 0.3 is 5.97 Å². The van der Waals surface area contributed by atoms with Gasteiger partial charge in [-0.1, -0.05) is 28.1 Å². The van der Waals surface area contributed by atoms with Gasteiger partial charge in [0.1, 0.15) is 6.04 Å². The molecule has 7 heteroatoms. The third kappa shape index (κ3) is 2.85. The number of fused-ring (bicyclic) bond motifs is 1. The van der Waals surface area contributed by atoms with E-state index in [9.17, 15) is 19.5 Å². The lowest BCUT2D eigenvalue weighted by molar-refractivity contribution is -0.153. The maximum Gasteiger partial charge on any atom is 0.326 e. The number of rotatable bonds is 2. The summed E-state index contributed by atoms with van der Waals surface area (Å²) in [6, 6.07) is 4.76. The predicted octanol–water partition coefficient (Wildman–Crippen LogP) is 1.27. The molecule has 23 heavy (non-hydrogen) atoms. The number of carbonyl (C=O) groups excluding carboxylic acids is 2. The molecule has 2 aliphatic heterocycles. The van der Waals surface area contributed by atoms with Crippen molar-refractivity contribution in [1.82, 2.24) is 9.80 Å². The van der Waals surface area contributed by atoms with Crippen LogP contribution in [0, 0.1) is 5.92 Å². The van der Waals surface area contributed by atoms with Crippen LogP contribution < -0.4 is 0 Å². The molecular formula is C16H17BrN2O4. The van der Waals surface area contributed by atoms with Crippen molar-refractivity contribution in [2.75, 3.05) is 13.6 Å². The molecule has 6 nitrogen and oxygen atoms in total. The highest BCUT2D eigenvalue weighted by molar-refractivity contribution is 9.10. The summed E-state index contributed by atoms with van der Waals surface area (Å²) in [6.45, 7) is 0.616. The standard InChI is InChI=1S/C16H17BrN2O4/c1-18-7-10(5-14(18)20)15(21)19-8-9-3-2-4-12(17)11(9)6-13(19)16(22)23/h2-4,10,13H,5-8H2,1H3,(H,22,23). The minimum atomic E-state index is -1.02. The van der Waals surface area contributed by atoms with E-state index in [2.05, 4.69) is 15.9 Å². The van der Waals surface area contributed by atoms with E-state index in [-0.39, 0.29) is 31.2 Å². The molecule has 0 spiro atoms. The SMILES string of the molecule is CN1CC(C(=O)N2Cc3cccc(Br)c3CC2C(=O)O)CC1=O. The molecule has 2 unspecified atom stereocenters. The van der Waals surface area contributed by atoms with Gasteiger partial charge in [0.25, 0.3) is 0 Å². The number of carboxylic acid groups (broad SMARTS) is 1. The lowest BCUT2D eigenvalue weighted by atomic mass is 9.92. The monoisotopic (exact) mass is 380 g/mol. The Morgan fingerprint density at radius 2 is 2.04 bits per heavy atom. The number of halogens is 1. The average molecular weight is 381 g/mol. The number of benzene rings is 1. The molecule has 1 fully saturated rings. The number of likely N-dealkylation sites (tertiary alicyclic amines) is 1. The summed E-state index contributed by atoms with van der Waals surface area (Å²) in [7, 11) is 1.66. The van der Waals surface area contributed by atoms with Crippen molar-refractivity contribution in [2.45, 2.75) is 25.4 Å². The van der Waals surface area contributed by atoms with Gasteiger partial charge in [-0.25, -0.2) is 4.79 Å². The molecule has 2 heterocycles. The first-order valence-corrected chi connectivity index (χ1v) is 8.21. The van der Waals surface area contributed by atoms with E-state index in [1.807, 2.05) is 18.2 Å². The van der Waals surface area contributed by atoms with Crippen LogP contribution in [0.15, 0.2) is 22.7 Å². The molecule has 1 aromatic carbocycles. The van der Waals surface area contributed by atoms with Crippen molar-refractivity contribution in [1.29, 1.82) is 0 Å². The molecule has 0 saturated carbocycles. The third-order valence-corrected chi connectivity index (χ3v) is 5.33. The van der Waals surface area contributed by atoms with E-state index in [0.29, 0.717) is 6.54 Å². The van der Waals surface area contributed by atoms with Crippen molar-refractivity contribution < 1.29 is 19.5 Å². The van der Waals surface area contributed by atoms with Gasteiger partial charge in [0.15, 0.2) is 0 Å². The summed E-state index contributed by atoms with van der Waals surface area (Å²) in [4.78, 5) is 39.0. The van der Waals surface area contributed by atoms with Gasteiger partial charge in [0.2, 0.25) is 11.8 Å². The Labute approximate surface area is 142 Å². The van der Waals surface area contributed by atoms with E-state index >= 15 is 0 Å². The fourth-order valence-electron chi connectivity index (χ4n) is 3.29. The maximum absolute atomic E-state index is 12.8. The predicted molar refractivity (Wildman–Crippen MR) is 85.6 cm³/mol. The molecule has 1 aromatic rings. The Bertz CT molecular complexity index is 691. The largest absolute Gasteiger partial charge is 0.480 e. The number of carbonyl (C=O) groups is 3. The second-order valence-electron chi connectivity index (χ2n) is 6.08. The van der Waals surface area contributed by atoms with Gasteiger partial charge in [-0.2, -0.15) is 0 Å². The highest BCUT2D eigenvalue weighted by Crippen LogP contribution is 2.31. The molecule has 3 rings (SSSR count). The Morgan fingerprint density at radius 1 is 1.30 bits per heavy atom.